The molecule has 0 aliphatic carbocycles. The van der Waals surface area contributed by atoms with Crippen LogP contribution in [-0.4, -0.2) is 17.0 Å². The molecule has 39 heavy (non-hydrogen) atoms. The molecule has 0 atom stereocenters. The van der Waals surface area contributed by atoms with Gasteiger partial charge in [-0.3, -0.25) is 9.59 Å². The number of allylic oxidation sites excluding steroid dienone is 1. The van der Waals surface area contributed by atoms with Crippen molar-refractivity contribution in [1.29, 1.82) is 0 Å². The van der Waals surface area contributed by atoms with E-state index in [1.54, 1.807) is 6.08 Å². The number of para-hydroxylation sites is 1. The van der Waals surface area contributed by atoms with E-state index in [0.29, 0.717) is 5.69 Å². The molecule has 0 saturated heterocycles. The quantitative estimate of drug-likeness (QED) is 0.152. The van der Waals surface area contributed by atoms with Crippen LogP contribution in [0.2, 0.25) is 0 Å². The van der Waals surface area contributed by atoms with Crippen molar-refractivity contribution in [2.45, 2.75) is 0 Å². The lowest BCUT2D eigenvalue weighted by atomic mass is 10.1. The van der Waals surface area contributed by atoms with Gasteiger partial charge in [0.1, 0.15) is 0 Å². The fourth-order valence-electron chi connectivity index (χ4n) is 4.75. The smallest absolute Gasteiger partial charge is 0.260 e. The zero-order chi connectivity index (χ0) is 26.9. The summed E-state index contributed by atoms with van der Waals surface area (Å²) in [5, 5.41) is 6.05. The first-order valence-electron chi connectivity index (χ1n) is 12.8. The van der Waals surface area contributed by atoms with Crippen LogP contribution in [0.1, 0.15) is 5.56 Å². The molecule has 5 aromatic carbocycles. The van der Waals surface area contributed by atoms with Crippen molar-refractivity contribution in [1.82, 2.24) is 0 Å². The Kier molecular flexibility index (Phi) is 8.12. The van der Waals surface area contributed by atoms with E-state index in [1.165, 1.54) is 6.08 Å². The maximum Gasteiger partial charge on any atom is 0.260 e. The summed E-state index contributed by atoms with van der Waals surface area (Å²) < 4.78 is 0. The molecule has 0 spiro atoms. The van der Waals surface area contributed by atoms with E-state index >= 15 is 0 Å². The zero-order valence-corrected chi connectivity index (χ0v) is 22.2. The van der Waals surface area contributed by atoms with Crippen molar-refractivity contribution in [3.63, 3.8) is 0 Å². The van der Waals surface area contributed by atoms with Crippen molar-refractivity contribution >= 4 is 51.5 Å². The van der Waals surface area contributed by atoms with Crippen LogP contribution in [0.15, 0.2) is 158 Å². The van der Waals surface area contributed by atoms with Gasteiger partial charge in [0, 0.05) is 5.69 Å². The highest BCUT2D eigenvalue weighted by Crippen LogP contribution is 2.46. The minimum absolute atomic E-state index is 0.224. The lowest BCUT2D eigenvalue weighted by Crippen LogP contribution is -2.39. The van der Waals surface area contributed by atoms with Gasteiger partial charge in [-0.05, 0) is 46.6 Å². The summed E-state index contributed by atoms with van der Waals surface area (Å²) in [5.41, 5.74) is 1.52. The van der Waals surface area contributed by atoms with Gasteiger partial charge in [0.2, 0.25) is 0 Å². The average molecular weight is 526 g/mol. The largest absolute Gasteiger partial charge is 0.322 e. The van der Waals surface area contributed by atoms with E-state index in [1.807, 2.05) is 152 Å². The lowest BCUT2D eigenvalue weighted by Gasteiger charge is -2.31. The second kappa shape index (κ2) is 12.2. The van der Waals surface area contributed by atoms with Gasteiger partial charge in [0.05, 0.1) is 5.29 Å². The van der Waals surface area contributed by atoms with Gasteiger partial charge in [-0.15, -0.1) is 0 Å². The van der Waals surface area contributed by atoms with Gasteiger partial charge in [-0.25, -0.2) is 0 Å². The summed E-state index contributed by atoms with van der Waals surface area (Å²) in [4.78, 5) is 28.7. The maximum atomic E-state index is 14.4. The minimum atomic E-state index is -2.93. The van der Waals surface area contributed by atoms with Crippen LogP contribution in [0.4, 0.5) is 5.69 Å². The second-order valence-corrected chi connectivity index (χ2v) is 12.3. The van der Waals surface area contributed by atoms with E-state index in [4.69, 9.17) is 0 Å². The zero-order valence-electron chi connectivity index (χ0n) is 21.4. The summed E-state index contributed by atoms with van der Waals surface area (Å²) in [6.07, 6.45) is 3.30. The lowest BCUT2D eigenvalue weighted by molar-refractivity contribution is -0.113. The van der Waals surface area contributed by atoms with Gasteiger partial charge in [-0.2, -0.15) is 0 Å². The fourth-order valence-corrected chi connectivity index (χ4v) is 9.04. The first-order valence-corrected chi connectivity index (χ1v) is 14.6. The van der Waals surface area contributed by atoms with Crippen molar-refractivity contribution in [3.8, 4) is 0 Å². The summed E-state index contributed by atoms with van der Waals surface area (Å²) in [7, 11) is 0. The third-order valence-electron chi connectivity index (χ3n) is 6.47. The van der Waals surface area contributed by atoms with E-state index in [0.717, 1.165) is 21.5 Å². The van der Waals surface area contributed by atoms with Crippen molar-refractivity contribution < 1.29 is 9.59 Å². The molecule has 0 fully saturated rings. The molecule has 0 bridgehead atoms. The number of carbonyl (C=O) groups excluding carboxylic acids is 2. The monoisotopic (exact) mass is 525 g/mol. The molecule has 4 heteroatoms. The van der Waals surface area contributed by atoms with Crippen molar-refractivity contribution in [2.75, 3.05) is 5.32 Å². The number of hydrogen-bond donors (Lipinski definition) is 1. The Morgan fingerprint density at radius 1 is 0.513 bits per heavy atom. The van der Waals surface area contributed by atoms with Gasteiger partial charge in [0.15, 0.2) is 5.78 Å². The molecule has 1 amide bonds. The molecule has 0 radical (unpaired) electrons. The Balaban J connectivity index is 1.88. The first-order chi connectivity index (χ1) is 19.2. The van der Waals surface area contributed by atoms with Gasteiger partial charge in [-0.1, -0.05) is 146 Å². The molecule has 1 N–H and O–H groups in total. The molecule has 0 saturated carbocycles. The molecule has 0 aromatic heterocycles. The molecule has 3 nitrogen and oxygen atoms in total. The van der Waals surface area contributed by atoms with Crippen LogP contribution >= 0.6 is 6.89 Å². The minimum Gasteiger partial charge on any atom is -0.322 e. The Bertz CT molecular complexity index is 1530. The maximum absolute atomic E-state index is 14.4. The van der Waals surface area contributed by atoms with Gasteiger partial charge >= 0.3 is 0 Å². The number of hydrogen-bond acceptors (Lipinski definition) is 2. The topological polar surface area (TPSA) is 46.2 Å². The normalized spacial score (nSPS) is 11.2. The number of carbonyl (C=O) groups is 2. The Hall–Kier alpha value is -4.72. The second-order valence-electron chi connectivity index (χ2n) is 8.95. The highest BCUT2D eigenvalue weighted by atomic mass is 31.2. The van der Waals surface area contributed by atoms with Crippen LogP contribution in [-0.2, 0) is 9.59 Å². The Labute approximate surface area is 229 Å². The molecule has 0 aliphatic heterocycles. The summed E-state index contributed by atoms with van der Waals surface area (Å²) in [6, 6.07) is 48.7. The van der Waals surface area contributed by atoms with Crippen molar-refractivity contribution in [3.05, 3.63) is 163 Å². The number of anilines is 1. The Morgan fingerprint density at radius 2 is 0.897 bits per heavy atom. The SMILES string of the molecule is O=C(/C=C\c1ccccc1)C(C(=O)Nc1ccccc1)=P(c1ccccc1)(c1ccccc1)c1ccccc1. The van der Waals surface area contributed by atoms with Crippen molar-refractivity contribution in [2.24, 2.45) is 0 Å². The van der Waals surface area contributed by atoms with Crippen LogP contribution in [0.5, 0.6) is 0 Å². The third-order valence-corrected chi connectivity index (χ3v) is 10.8. The average Bonchev–Trinajstić information content (AvgIpc) is 3.01. The fraction of sp³-hybridized carbons (Fsp3) is 0. The number of rotatable bonds is 8. The molecule has 0 aliphatic rings. The summed E-state index contributed by atoms with van der Waals surface area (Å²) >= 11 is 0. The standard InChI is InChI=1S/C35H28NO2P/c37-33(27-26-28-16-6-1-7-17-28)34(35(38)36-29-18-8-2-9-19-29)39(30-20-10-3-11-21-30,31-22-12-4-13-23-31)32-24-14-5-15-25-32/h1-27H,(H,36,38)/b27-26-. The molecular weight excluding hydrogens is 497 g/mol. The molecule has 190 valence electrons. The van der Waals surface area contributed by atoms with Crippen LogP contribution in [0.25, 0.3) is 6.08 Å². The summed E-state index contributed by atoms with van der Waals surface area (Å²) in [6.45, 7) is -2.93. The molecule has 5 aromatic rings. The highest BCUT2D eigenvalue weighted by molar-refractivity contribution is 7.97. The third kappa shape index (κ3) is 5.60. The van der Waals surface area contributed by atoms with E-state index in [9.17, 15) is 9.59 Å². The number of amides is 1. The Morgan fingerprint density at radius 3 is 1.33 bits per heavy atom. The molecule has 0 heterocycles. The van der Waals surface area contributed by atoms with Crippen LogP contribution in [0.3, 0.4) is 0 Å². The number of ketones is 1. The number of nitrogens with one attached hydrogen (secondary N) is 1. The first kappa shape index (κ1) is 25.9. The highest BCUT2D eigenvalue weighted by Gasteiger charge is 2.36. The molecule has 0 unspecified atom stereocenters. The van der Waals surface area contributed by atoms with Gasteiger partial charge in [0.25, 0.3) is 5.91 Å². The predicted octanol–water partition coefficient (Wildman–Crippen LogP) is 6.07. The predicted molar refractivity (Wildman–Crippen MR) is 166 cm³/mol. The van der Waals surface area contributed by atoms with E-state index < -0.39 is 12.8 Å². The number of benzene rings is 5. The molecular formula is C35H28NO2P. The van der Waals surface area contributed by atoms with Crippen LogP contribution < -0.4 is 21.2 Å². The van der Waals surface area contributed by atoms with E-state index in [-0.39, 0.29) is 11.1 Å². The van der Waals surface area contributed by atoms with Gasteiger partial charge < -0.3 is 5.32 Å². The molecule has 5 rings (SSSR count). The van der Waals surface area contributed by atoms with Crippen LogP contribution in [0, 0.1) is 0 Å². The van der Waals surface area contributed by atoms with E-state index in [2.05, 4.69) is 5.32 Å². The summed E-state index contributed by atoms with van der Waals surface area (Å²) in [5.74, 6) is -0.731.